The summed E-state index contributed by atoms with van der Waals surface area (Å²) in [5.74, 6) is 0.844. The van der Waals surface area contributed by atoms with E-state index in [0.717, 1.165) is 36.3 Å². The molecule has 0 saturated carbocycles. The predicted octanol–water partition coefficient (Wildman–Crippen LogP) is 6.13. The lowest BCUT2D eigenvalue weighted by atomic mass is 10.0. The van der Waals surface area contributed by atoms with Crippen LogP contribution in [-0.4, -0.2) is 37.4 Å². The van der Waals surface area contributed by atoms with Crippen molar-refractivity contribution in [1.82, 2.24) is 4.90 Å². The van der Waals surface area contributed by atoms with Gasteiger partial charge >= 0.3 is 0 Å². The molecule has 0 bridgehead atoms. The molecule has 0 spiro atoms. The fraction of sp³-hybridized carbons (Fsp3) is 0.375. The first kappa shape index (κ1) is 22.4. The second-order valence-corrected chi connectivity index (χ2v) is 7.94. The van der Waals surface area contributed by atoms with E-state index >= 15 is 0 Å². The Morgan fingerprint density at radius 2 is 1.54 bits per heavy atom. The first-order valence-corrected chi connectivity index (χ1v) is 10.7. The van der Waals surface area contributed by atoms with Crippen LogP contribution in [0.4, 0.5) is 0 Å². The number of nitrogens with zero attached hydrogens (tertiary/aromatic N) is 1. The number of halogens is 1. The summed E-state index contributed by atoms with van der Waals surface area (Å²) < 4.78 is 6.77. The van der Waals surface area contributed by atoms with Crippen molar-refractivity contribution in [3.8, 4) is 5.75 Å². The molecule has 2 rings (SSSR count). The molecule has 0 N–H and O–H groups in total. The Kier molecular flexibility index (Phi) is 10.0. The fourth-order valence-corrected chi connectivity index (χ4v) is 3.25. The van der Waals surface area contributed by atoms with Crippen LogP contribution >= 0.6 is 15.9 Å². The van der Waals surface area contributed by atoms with Crippen molar-refractivity contribution in [3.63, 3.8) is 0 Å². The lowest BCUT2D eigenvalue weighted by Gasteiger charge is -2.13. The largest absolute Gasteiger partial charge is 0.494 e. The standard InChI is InChI=1S/C24H30BrNO2/c1-3-17-26(2)18-7-5-4-6-8-19-28-23-15-11-21(12-16-23)24(27)20-9-13-22(25)14-10-20/h3,9-16H,1,4-8,17-19H2,2H3. The summed E-state index contributed by atoms with van der Waals surface area (Å²) in [6.45, 7) is 6.57. The first-order valence-electron chi connectivity index (χ1n) is 9.92. The molecule has 0 heterocycles. The van der Waals surface area contributed by atoms with Gasteiger partial charge in [0.05, 0.1) is 6.61 Å². The molecule has 0 saturated heterocycles. The summed E-state index contributed by atoms with van der Waals surface area (Å²) >= 11 is 3.39. The third-order valence-corrected chi connectivity index (χ3v) is 5.15. The third-order valence-electron chi connectivity index (χ3n) is 4.62. The van der Waals surface area contributed by atoms with Crippen LogP contribution in [0.3, 0.4) is 0 Å². The second kappa shape index (κ2) is 12.5. The zero-order valence-corrected chi connectivity index (χ0v) is 18.3. The Bertz CT molecular complexity index is 725. The van der Waals surface area contributed by atoms with E-state index in [1.54, 1.807) is 0 Å². The predicted molar refractivity (Wildman–Crippen MR) is 120 cm³/mol. The zero-order chi connectivity index (χ0) is 20.2. The molecular weight excluding hydrogens is 414 g/mol. The maximum absolute atomic E-state index is 12.5. The van der Waals surface area contributed by atoms with Crippen LogP contribution in [0.15, 0.2) is 65.7 Å². The molecule has 0 fully saturated rings. The number of unbranched alkanes of at least 4 members (excludes halogenated alkanes) is 4. The van der Waals surface area contributed by atoms with Crippen LogP contribution in [0, 0.1) is 0 Å². The number of carbonyl (C=O) groups is 1. The number of ketones is 1. The highest BCUT2D eigenvalue weighted by Gasteiger charge is 2.09. The van der Waals surface area contributed by atoms with Crippen LogP contribution in [0.25, 0.3) is 0 Å². The van der Waals surface area contributed by atoms with E-state index in [1.807, 2.05) is 54.6 Å². The van der Waals surface area contributed by atoms with E-state index in [1.165, 1.54) is 25.7 Å². The quantitative estimate of drug-likeness (QED) is 0.212. The van der Waals surface area contributed by atoms with Crippen LogP contribution < -0.4 is 4.74 Å². The van der Waals surface area contributed by atoms with Crippen molar-refractivity contribution in [1.29, 1.82) is 0 Å². The molecule has 3 nitrogen and oxygen atoms in total. The molecule has 0 amide bonds. The zero-order valence-electron chi connectivity index (χ0n) is 16.7. The highest BCUT2D eigenvalue weighted by atomic mass is 79.9. The molecule has 0 atom stereocenters. The van der Waals surface area contributed by atoms with E-state index in [4.69, 9.17) is 4.74 Å². The van der Waals surface area contributed by atoms with Gasteiger partial charge in [0.1, 0.15) is 5.75 Å². The molecule has 0 aromatic heterocycles. The van der Waals surface area contributed by atoms with Gasteiger partial charge in [0.25, 0.3) is 0 Å². The topological polar surface area (TPSA) is 29.5 Å². The minimum Gasteiger partial charge on any atom is -0.494 e. The van der Waals surface area contributed by atoms with E-state index in [0.29, 0.717) is 11.1 Å². The summed E-state index contributed by atoms with van der Waals surface area (Å²) in [5.41, 5.74) is 1.36. The van der Waals surface area contributed by atoms with Gasteiger partial charge in [-0.2, -0.15) is 0 Å². The Morgan fingerprint density at radius 3 is 2.18 bits per heavy atom. The first-order chi connectivity index (χ1) is 13.6. The van der Waals surface area contributed by atoms with Crippen molar-refractivity contribution < 1.29 is 9.53 Å². The van der Waals surface area contributed by atoms with Gasteiger partial charge in [0.15, 0.2) is 5.78 Å². The maximum atomic E-state index is 12.5. The molecule has 2 aromatic carbocycles. The Balaban J connectivity index is 1.63. The molecule has 0 aliphatic heterocycles. The van der Waals surface area contributed by atoms with Crippen molar-refractivity contribution in [2.45, 2.75) is 32.1 Å². The average molecular weight is 444 g/mol. The van der Waals surface area contributed by atoms with Crippen LogP contribution in [-0.2, 0) is 0 Å². The molecule has 28 heavy (non-hydrogen) atoms. The lowest BCUT2D eigenvalue weighted by Crippen LogP contribution is -2.19. The van der Waals surface area contributed by atoms with Crippen LogP contribution in [0.5, 0.6) is 5.75 Å². The van der Waals surface area contributed by atoms with E-state index < -0.39 is 0 Å². The molecule has 0 aliphatic carbocycles. The van der Waals surface area contributed by atoms with Gasteiger partial charge in [-0.05, 0) is 75.0 Å². The van der Waals surface area contributed by atoms with Crippen molar-refractivity contribution in [2.75, 3.05) is 26.7 Å². The molecule has 0 radical (unpaired) electrons. The summed E-state index contributed by atoms with van der Waals surface area (Å²) in [7, 11) is 2.13. The van der Waals surface area contributed by atoms with E-state index in [2.05, 4.69) is 34.5 Å². The smallest absolute Gasteiger partial charge is 0.193 e. The fourth-order valence-electron chi connectivity index (χ4n) is 2.99. The Labute approximate surface area is 177 Å². The summed E-state index contributed by atoms with van der Waals surface area (Å²) in [4.78, 5) is 14.8. The van der Waals surface area contributed by atoms with Crippen LogP contribution in [0.1, 0.15) is 48.0 Å². The Hall–Kier alpha value is -1.91. The molecular formula is C24H30BrNO2. The van der Waals surface area contributed by atoms with Gasteiger partial charge < -0.3 is 9.64 Å². The average Bonchev–Trinajstić information content (AvgIpc) is 2.71. The number of rotatable bonds is 13. The van der Waals surface area contributed by atoms with Crippen molar-refractivity contribution in [2.24, 2.45) is 0 Å². The van der Waals surface area contributed by atoms with Crippen LogP contribution in [0.2, 0.25) is 0 Å². The summed E-state index contributed by atoms with van der Waals surface area (Å²) in [6.07, 6.45) is 7.92. The van der Waals surface area contributed by atoms with Gasteiger partial charge in [-0.3, -0.25) is 4.79 Å². The van der Waals surface area contributed by atoms with Gasteiger partial charge in [-0.1, -0.05) is 41.3 Å². The molecule has 0 unspecified atom stereocenters. The molecule has 2 aromatic rings. The summed E-state index contributed by atoms with van der Waals surface area (Å²) in [5, 5.41) is 0. The number of hydrogen-bond donors (Lipinski definition) is 0. The third kappa shape index (κ3) is 7.99. The second-order valence-electron chi connectivity index (χ2n) is 7.03. The molecule has 4 heteroatoms. The van der Waals surface area contributed by atoms with Gasteiger partial charge in [-0.25, -0.2) is 0 Å². The maximum Gasteiger partial charge on any atom is 0.193 e. The number of benzene rings is 2. The minimum absolute atomic E-state index is 0.0257. The van der Waals surface area contributed by atoms with Gasteiger partial charge in [-0.15, -0.1) is 6.58 Å². The monoisotopic (exact) mass is 443 g/mol. The highest BCUT2D eigenvalue weighted by molar-refractivity contribution is 9.10. The molecule has 0 aliphatic rings. The highest BCUT2D eigenvalue weighted by Crippen LogP contribution is 2.18. The SMILES string of the molecule is C=CCN(C)CCCCCCCOc1ccc(C(=O)c2ccc(Br)cc2)cc1. The summed E-state index contributed by atoms with van der Waals surface area (Å²) in [6, 6.07) is 14.8. The number of carbonyl (C=O) groups excluding carboxylic acids is 1. The lowest BCUT2D eigenvalue weighted by molar-refractivity contribution is 0.103. The minimum atomic E-state index is 0.0257. The van der Waals surface area contributed by atoms with E-state index in [-0.39, 0.29) is 5.78 Å². The Morgan fingerprint density at radius 1 is 0.964 bits per heavy atom. The number of ether oxygens (including phenoxy) is 1. The normalized spacial score (nSPS) is 10.8. The van der Waals surface area contributed by atoms with Gasteiger partial charge in [0.2, 0.25) is 0 Å². The number of likely N-dealkylation sites (N-methyl/N-ethyl adjacent to an activating group) is 1. The van der Waals surface area contributed by atoms with Crippen molar-refractivity contribution in [3.05, 3.63) is 76.8 Å². The molecule has 150 valence electrons. The van der Waals surface area contributed by atoms with Crippen molar-refractivity contribution >= 4 is 21.7 Å². The van der Waals surface area contributed by atoms with Gasteiger partial charge in [0, 0.05) is 22.1 Å². The number of hydrogen-bond acceptors (Lipinski definition) is 3. The van der Waals surface area contributed by atoms with E-state index in [9.17, 15) is 4.79 Å².